The lowest BCUT2D eigenvalue weighted by molar-refractivity contribution is 0.845. The third-order valence-electron chi connectivity index (χ3n) is 2.89. The minimum Gasteiger partial charge on any atom is -0.293 e. The van der Waals surface area contributed by atoms with Crippen LogP contribution >= 0.6 is 11.6 Å². The Hall–Kier alpha value is -2.07. The van der Waals surface area contributed by atoms with Crippen molar-refractivity contribution >= 4 is 22.8 Å². The van der Waals surface area contributed by atoms with Gasteiger partial charge >= 0.3 is 5.69 Å². The Morgan fingerprint density at radius 3 is 2.56 bits per heavy atom. The minimum absolute atomic E-state index is 0.133. The number of aryl methyl sites for hydroxylation is 1. The number of pyridine rings is 1. The average molecular weight is 260 g/mol. The summed E-state index contributed by atoms with van der Waals surface area (Å²) in [6.07, 6.45) is 0. The van der Waals surface area contributed by atoms with E-state index < -0.39 is 0 Å². The van der Waals surface area contributed by atoms with Gasteiger partial charge in [0, 0.05) is 7.05 Å². The normalized spacial score (nSPS) is 11.0. The Balaban J connectivity index is 2.46. The Morgan fingerprint density at radius 1 is 1.11 bits per heavy atom. The van der Waals surface area contributed by atoms with E-state index in [1.54, 1.807) is 28.3 Å². The number of hydrogen-bond donors (Lipinski definition) is 0. The van der Waals surface area contributed by atoms with Gasteiger partial charge in [0.25, 0.3) is 0 Å². The molecule has 3 aromatic rings. The van der Waals surface area contributed by atoms with Crippen LogP contribution in [0, 0.1) is 0 Å². The summed E-state index contributed by atoms with van der Waals surface area (Å²) in [4.78, 5) is 16.5. The summed E-state index contributed by atoms with van der Waals surface area (Å²) in [5.74, 6) is 0. The van der Waals surface area contributed by atoms with Gasteiger partial charge in [-0.05, 0) is 24.3 Å². The molecule has 5 heteroatoms. The van der Waals surface area contributed by atoms with E-state index in [-0.39, 0.29) is 5.69 Å². The van der Waals surface area contributed by atoms with Gasteiger partial charge < -0.3 is 0 Å². The lowest BCUT2D eigenvalue weighted by atomic mass is 10.3. The maximum atomic E-state index is 12.2. The van der Waals surface area contributed by atoms with E-state index in [2.05, 4.69) is 4.98 Å². The van der Waals surface area contributed by atoms with Crippen molar-refractivity contribution in [3.05, 3.63) is 58.1 Å². The molecule has 3 rings (SSSR count). The molecule has 4 nitrogen and oxygen atoms in total. The maximum absolute atomic E-state index is 12.2. The SMILES string of the molecule is Cn1c(=O)n(-c2ccccc2)c2nc(Cl)ccc21. The molecule has 2 aromatic heterocycles. The van der Waals surface area contributed by atoms with E-state index in [0.29, 0.717) is 10.8 Å². The van der Waals surface area contributed by atoms with E-state index in [1.807, 2.05) is 30.3 Å². The number of halogens is 1. The molecule has 0 N–H and O–H groups in total. The molecular formula is C13H10ClN3O. The number of imidazole rings is 1. The molecule has 0 saturated heterocycles. The molecule has 1 aromatic carbocycles. The van der Waals surface area contributed by atoms with Gasteiger partial charge in [0.1, 0.15) is 5.15 Å². The molecular weight excluding hydrogens is 250 g/mol. The van der Waals surface area contributed by atoms with Crippen LogP contribution in [0.15, 0.2) is 47.3 Å². The molecule has 2 heterocycles. The second kappa shape index (κ2) is 3.99. The van der Waals surface area contributed by atoms with Crippen molar-refractivity contribution in [2.24, 2.45) is 7.05 Å². The first kappa shape index (κ1) is 11.0. The maximum Gasteiger partial charge on any atom is 0.334 e. The predicted molar refractivity (Wildman–Crippen MR) is 71.3 cm³/mol. The number of benzene rings is 1. The van der Waals surface area contributed by atoms with Gasteiger partial charge in [-0.15, -0.1) is 0 Å². The van der Waals surface area contributed by atoms with Crippen LogP contribution in [0.3, 0.4) is 0 Å². The van der Waals surface area contributed by atoms with Gasteiger partial charge in [-0.3, -0.25) is 4.57 Å². The lowest BCUT2D eigenvalue weighted by Gasteiger charge is -2.01. The number of rotatable bonds is 1. The molecule has 0 bridgehead atoms. The van der Waals surface area contributed by atoms with Gasteiger partial charge in [-0.1, -0.05) is 29.8 Å². The van der Waals surface area contributed by atoms with Crippen molar-refractivity contribution in [2.75, 3.05) is 0 Å². The summed E-state index contributed by atoms with van der Waals surface area (Å²) in [5.41, 5.74) is 1.98. The average Bonchev–Trinajstić information content (AvgIpc) is 2.63. The van der Waals surface area contributed by atoms with Crippen LogP contribution in [0.25, 0.3) is 16.9 Å². The molecule has 0 spiro atoms. The first-order chi connectivity index (χ1) is 8.68. The van der Waals surface area contributed by atoms with Crippen molar-refractivity contribution in [1.82, 2.24) is 14.1 Å². The Morgan fingerprint density at radius 2 is 1.83 bits per heavy atom. The van der Waals surface area contributed by atoms with Crippen LogP contribution in [0.5, 0.6) is 0 Å². The Labute approximate surface area is 108 Å². The molecule has 0 aliphatic carbocycles. The van der Waals surface area contributed by atoms with E-state index in [9.17, 15) is 4.79 Å². The quantitative estimate of drug-likeness (QED) is 0.630. The molecule has 0 aliphatic heterocycles. The zero-order valence-electron chi connectivity index (χ0n) is 9.67. The minimum atomic E-state index is -0.133. The van der Waals surface area contributed by atoms with Crippen LogP contribution in [0.2, 0.25) is 5.15 Å². The van der Waals surface area contributed by atoms with Crippen LogP contribution in [-0.2, 0) is 7.05 Å². The Bertz CT molecular complexity index is 774. The fourth-order valence-electron chi connectivity index (χ4n) is 2.00. The predicted octanol–water partition coefficient (Wildman–Crippen LogP) is 2.38. The largest absolute Gasteiger partial charge is 0.334 e. The van der Waals surface area contributed by atoms with E-state index in [4.69, 9.17) is 11.6 Å². The van der Waals surface area contributed by atoms with Crippen molar-refractivity contribution in [3.8, 4) is 5.69 Å². The highest BCUT2D eigenvalue weighted by Gasteiger charge is 2.13. The highest BCUT2D eigenvalue weighted by Crippen LogP contribution is 2.17. The van der Waals surface area contributed by atoms with Crippen LogP contribution in [0.4, 0.5) is 0 Å². The highest BCUT2D eigenvalue weighted by atomic mass is 35.5. The first-order valence-electron chi connectivity index (χ1n) is 5.48. The molecule has 0 fully saturated rings. The third kappa shape index (κ3) is 1.54. The second-order valence-corrected chi connectivity index (χ2v) is 4.38. The number of hydrogen-bond acceptors (Lipinski definition) is 2. The molecule has 0 unspecified atom stereocenters. The van der Waals surface area contributed by atoms with Gasteiger partial charge in [0.15, 0.2) is 5.65 Å². The lowest BCUT2D eigenvalue weighted by Crippen LogP contribution is -2.20. The van der Waals surface area contributed by atoms with Crippen LogP contribution < -0.4 is 5.69 Å². The third-order valence-corrected chi connectivity index (χ3v) is 3.10. The molecule has 0 atom stereocenters. The standard InChI is InChI=1S/C13H10ClN3O/c1-16-10-7-8-11(14)15-12(10)17(13(16)18)9-5-3-2-4-6-9/h2-8H,1H3. The van der Waals surface area contributed by atoms with Crippen LogP contribution in [-0.4, -0.2) is 14.1 Å². The summed E-state index contributed by atoms with van der Waals surface area (Å²) < 4.78 is 3.12. The highest BCUT2D eigenvalue weighted by molar-refractivity contribution is 6.29. The molecule has 18 heavy (non-hydrogen) atoms. The summed E-state index contributed by atoms with van der Waals surface area (Å²) in [7, 11) is 1.72. The van der Waals surface area contributed by atoms with Gasteiger partial charge in [0.05, 0.1) is 11.2 Å². The summed E-state index contributed by atoms with van der Waals surface area (Å²) in [6, 6.07) is 12.9. The number of nitrogens with zero attached hydrogens (tertiary/aromatic N) is 3. The number of para-hydroxylation sites is 1. The molecule has 0 radical (unpaired) electrons. The summed E-state index contributed by atoms with van der Waals surface area (Å²) in [6.45, 7) is 0. The fourth-order valence-corrected chi connectivity index (χ4v) is 2.14. The smallest absolute Gasteiger partial charge is 0.293 e. The van der Waals surface area contributed by atoms with Gasteiger partial charge in [0.2, 0.25) is 0 Å². The summed E-state index contributed by atoms with van der Waals surface area (Å²) >= 11 is 5.90. The monoisotopic (exact) mass is 259 g/mol. The molecule has 0 aliphatic rings. The van der Waals surface area contributed by atoms with E-state index in [0.717, 1.165) is 11.2 Å². The summed E-state index contributed by atoms with van der Waals surface area (Å²) in [5, 5.41) is 0.373. The first-order valence-corrected chi connectivity index (χ1v) is 5.85. The number of fused-ring (bicyclic) bond motifs is 1. The zero-order chi connectivity index (χ0) is 12.7. The topological polar surface area (TPSA) is 39.8 Å². The molecule has 90 valence electrons. The fraction of sp³-hybridized carbons (Fsp3) is 0.0769. The van der Waals surface area contributed by atoms with E-state index in [1.165, 1.54) is 0 Å². The number of aromatic nitrogens is 3. The van der Waals surface area contributed by atoms with Crippen molar-refractivity contribution in [3.63, 3.8) is 0 Å². The van der Waals surface area contributed by atoms with Gasteiger partial charge in [-0.25, -0.2) is 14.3 Å². The van der Waals surface area contributed by atoms with Crippen LogP contribution in [0.1, 0.15) is 0 Å². The molecule has 0 saturated carbocycles. The van der Waals surface area contributed by atoms with Crippen molar-refractivity contribution in [2.45, 2.75) is 0 Å². The van der Waals surface area contributed by atoms with Crippen molar-refractivity contribution < 1.29 is 0 Å². The zero-order valence-corrected chi connectivity index (χ0v) is 10.4. The Kier molecular flexibility index (Phi) is 2.45. The van der Waals surface area contributed by atoms with Crippen molar-refractivity contribution in [1.29, 1.82) is 0 Å². The van der Waals surface area contributed by atoms with E-state index >= 15 is 0 Å². The molecule has 0 amide bonds. The van der Waals surface area contributed by atoms with Gasteiger partial charge in [-0.2, -0.15) is 0 Å². The second-order valence-electron chi connectivity index (χ2n) is 3.99.